The van der Waals surface area contributed by atoms with Crippen LogP contribution in [0.5, 0.6) is 0 Å². The van der Waals surface area contributed by atoms with E-state index in [9.17, 15) is 18.8 Å². The van der Waals surface area contributed by atoms with Gasteiger partial charge in [0.15, 0.2) is 6.61 Å². The molecule has 0 bridgehead atoms. The predicted molar refractivity (Wildman–Crippen MR) is 102 cm³/mol. The molecule has 2 aromatic heterocycles. The Hall–Kier alpha value is -3.26. The van der Waals surface area contributed by atoms with Crippen LogP contribution >= 0.6 is 11.3 Å². The number of thiophene rings is 1. The molecular weight excluding hydrogens is 383 g/mol. The molecule has 1 atom stereocenters. The van der Waals surface area contributed by atoms with Gasteiger partial charge < -0.3 is 14.6 Å². The summed E-state index contributed by atoms with van der Waals surface area (Å²) in [6.07, 6.45) is 1.46. The molecule has 0 radical (unpaired) electrons. The van der Waals surface area contributed by atoms with E-state index in [0.29, 0.717) is 5.56 Å². The molecule has 2 heterocycles. The van der Waals surface area contributed by atoms with Crippen molar-refractivity contribution < 1.29 is 18.7 Å². The first kappa shape index (κ1) is 19.5. The van der Waals surface area contributed by atoms with E-state index in [1.807, 2.05) is 17.5 Å². The summed E-state index contributed by atoms with van der Waals surface area (Å²) >= 11 is 1.45. The van der Waals surface area contributed by atoms with Crippen LogP contribution in [-0.4, -0.2) is 23.1 Å². The van der Waals surface area contributed by atoms with Crippen LogP contribution in [0, 0.1) is 5.82 Å². The molecule has 0 aliphatic carbocycles. The second-order valence-corrected chi connectivity index (χ2v) is 6.87. The first-order chi connectivity index (χ1) is 13.5. The maximum atomic E-state index is 13.2. The third-order valence-electron chi connectivity index (χ3n) is 3.90. The van der Waals surface area contributed by atoms with E-state index in [0.717, 1.165) is 4.88 Å². The van der Waals surface area contributed by atoms with Gasteiger partial charge in [0, 0.05) is 17.1 Å². The molecule has 0 aliphatic heterocycles. The number of benzene rings is 1. The maximum absolute atomic E-state index is 13.2. The van der Waals surface area contributed by atoms with E-state index in [1.54, 1.807) is 24.3 Å². The number of nitrogens with one attached hydrogen (secondary N) is 1. The molecule has 1 N–H and O–H groups in total. The Morgan fingerprint density at radius 1 is 1.11 bits per heavy atom. The highest BCUT2D eigenvalue weighted by Gasteiger charge is 2.19. The number of carbonyl (C=O) groups excluding carboxylic acids is 2. The number of halogens is 1. The molecule has 8 heteroatoms. The largest absolute Gasteiger partial charge is 0.454 e. The van der Waals surface area contributed by atoms with E-state index in [1.165, 1.54) is 40.3 Å². The summed E-state index contributed by atoms with van der Waals surface area (Å²) in [6.45, 7) is -0.761. The van der Waals surface area contributed by atoms with Crippen LogP contribution in [0.25, 0.3) is 0 Å². The van der Waals surface area contributed by atoms with Crippen LogP contribution < -0.4 is 10.9 Å². The number of ether oxygens (including phenoxy) is 1. The standard InChI is InChI=1S/C20H17FN2O4S/c21-15-8-6-14(7-9-15)20(16-4-3-11-28-16)22-17(24)13-27-19(26)12-23-10-2-1-5-18(23)25/h1-11,20H,12-13H2,(H,22,24)/t20-/m1/s1. The normalized spacial score (nSPS) is 11.6. The zero-order valence-corrected chi connectivity index (χ0v) is 15.5. The van der Waals surface area contributed by atoms with Crippen molar-refractivity contribution in [2.45, 2.75) is 12.6 Å². The van der Waals surface area contributed by atoms with Crippen molar-refractivity contribution in [3.63, 3.8) is 0 Å². The van der Waals surface area contributed by atoms with Gasteiger partial charge in [-0.25, -0.2) is 4.39 Å². The lowest BCUT2D eigenvalue weighted by molar-refractivity contribution is -0.149. The van der Waals surface area contributed by atoms with Crippen molar-refractivity contribution in [1.82, 2.24) is 9.88 Å². The van der Waals surface area contributed by atoms with Gasteiger partial charge >= 0.3 is 5.97 Å². The highest BCUT2D eigenvalue weighted by atomic mass is 32.1. The molecule has 0 fully saturated rings. The number of amides is 1. The number of carbonyl (C=O) groups is 2. The summed E-state index contributed by atoms with van der Waals surface area (Å²) in [4.78, 5) is 36.6. The lowest BCUT2D eigenvalue weighted by Gasteiger charge is -2.18. The van der Waals surface area contributed by atoms with Gasteiger partial charge in [0.1, 0.15) is 12.4 Å². The quantitative estimate of drug-likeness (QED) is 0.618. The Labute approximate surface area is 164 Å². The summed E-state index contributed by atoms with van der Waals surface area (Å²) in [5.41, 5.74) is 0.373. The summed E-state index contributed by atoms with van der Waals surface area (Å²) < 4.78 is 19.4. The van der Waals surface area contributed by atoms with E-state index in [-0.39, 0.29) is 17.9 Å². The zero-order chi connectivity index (χ0) is 19.9. The van der Waals surface area contributed by atoms with Gasteiger partial charge in [-0.1, -0.05) is 24.3 Å². The molecule has 28 heavy (non-hydrogen) atoms. The number of aromatic nitrogens is 1. The number of rotatable bonds is 7. The summed E-state index contributed by atoms with van der Waals surface area (Å²) in [7, 11) is 0. The van der Waals surface area contributed by atoms with Crippen LogP contribution in [0.15, 0.2) is 71.0 Å². The highest BCUT2D eigenvalue weighted by Crippen LogP contribution is 2.26. The molecule has 3 rings (SSSR count). The van der Waals surface area contributed by atoms with Gasteiger partial charge in [0.2, 0.25) is 0 Å². The lowest BCUT2D eigenvalue weighted by atomic mass is 10.1. The van der Waals surface area contributed by atoms with Gasteiger partial charge in [0.25, 0.3) is 11.5 Å². The van der Waals surface area contributed by atoms with Crippen LogP contribution in [0.1, 0.15) is 16.5 Å². The average Bonchev–Trinajstić information content (AvgIpc) is 3.22. The molecule has 6 nitrogen and oxygen atoms in total. The van der Waals surface area contributed by atoms with Gasteiger partial charge in [-0.2, -0.15) is 0 Å². The average molecular weight is 400 g/mol. The van der Waals surface area contributed by atoms with Gasteiger partial charge in [0.05, 0.1) is 6.04 Å². The molecule has 1 aromatic carbocycles. The number of hydrogen-bond donors (Lipinski definition) is 1. The van der Waals surface area contributed by atoms with E-state index in [2.05, 4.69) is 5.32 Å². The van der Waals surface area contributed by atoms with E-state index >= 15 is 0 Å². The van der Waals surface area contributed by atoms with Gasteiger partial charge in [-0.05, 0) is 35.2 Å². The smallest absolute Gasteiger partial charge is 0.326 e. The topological polar surface area (TPSA) is 77.4 Å². The van der Waals surface area contributed by atoms with Crippen molar-refractivity contribution in [2.75, 3.05) is 6.61 Å². The summed E-state index contributed by atoms with van der Waals surface area (Å²) in [6, 6.07) is 13.6. The SMILES string of the molecule is O=C(COC(=O)Cn1ccccc1=O)N[C@H](c1ccc(F)cc1)c1cccs1. The minimum absolute atomic E-state index is 0.279. The van der Waals surface area contributed by atoms with Crippen LogP contribution in [-0.2, 0) is 20.9 Å². The van der Waals surface area contributed by atoms with Crippen molar-refractivity contribution >= 4 is 23.2 Å². The fourth-order valence-electron chi connectivity index (χ4n) is 2.55. The minimum atomic E-state index is -0.696. The molecular formula is C20H17FN2O4S. The lowest BCUT2D eigenvalue weighted by Crippen LogP contribution is -2.33. The second-order valence-electron chi connectivity index (χ2n) is 5.89. The molecule has 0 unspecified atom stereocenters. The monoisotopic (exact) mass is 400 g/mol. The third kappa shape index (κ3) is 5.14. The third-order valence-corrected chi connectivity index (χ3v) is 4.84. The fraction of sp³-hybridized carbons (Fsp3) is 0.150. The number of esters is 1. The molecule has 0 aliphatic rings. The predicted octanol–water partition coefficient (Wildman–Crippen LogP) is 2.50. The molecule has 3 aromatic rings. The van der Waals surface area contributed by atoms with E-state index in [4.69, 9.17) is 4.74 Å². The fourth-order valence-corrected chi connectivity index (χ4v) is 3.36. The molecule has 0 saturated heterocycles. The first-order valence-corrected chi connectivity index (χ1v) is 9.30. The molecule has 1 amide bonds. The summed E-state index contributed by atoms with van der Waals surface area (Å²) in [5, 5.41) is 4.66. The second kappa shape index (κ2) is 9.09. The van der Waals surface area contributed by atoms with Gasteiger partial charge in [-0.15, -0.1) is 11.3 Å². The Balaban J connectivity index is 1.61. The van der Waals surface area contributed by atoms with Crippen LogP contribution in [0.4, 0.5) is 4.39 Å². The molecule has 0 spiro atoms. The Kier molecular flexibility index (Phi) is 6.33. The Morgan fingerprint density at radius 3 is 2.57 bits per heavy atom. The first-order valence-electron chi connectivity index (χ1n) is 8.42. The van der Waals surface area contributed by atoms with Crippen molar-refractivity contribution in [3.8, 4) is 0 Å². The van der Waals surface area contributed by atoms with Crippen molar-refractivity contribution in [1.29, 1.82) is 0 Å². The zero-order valence-electron chi connectivity index (χ0n) is 14.7. The molecule has 0 saturated carbocycles. The number of pyridine rings is 1. The maximum Gasteiger partial charge on any atom is 0.326 e. The number of hydrogen-bond acceptors (Lipinski definition) is 5. The van der Waals surface area contributed by atoms with Crippen LogP contribution in [0.2, 0.25) is 0 Å². The van der Waals surface area contributed by atoms with Crippen molar-refractivity contribution in [2.24, 2.45) is 0 Å². The van der Waals surface area contributed by atoms with Gasteiger partial charge in [-0.3, -0.25) is 14.4 Å². The summed E-state index contributed by atoms with van der Waals surface area (Å²) in [5.74, 6) is -1.57. The molecule has 144 valence electrons. The van der Waals surface area contributed by atoms with Crippen LogP contribution in [0.3, 0.4) is 0 Å². The number of nitrogens with zero attached hydrogens (tertiary/aromatic N) is 1. The van der Waals surface area contributed by atoms with Crippen molar-refractivity contribution in [3.05, 3.63) is 92.8 Å². The Bertz CT molecular complexity index is 1000. The van der Waals surface area contributed by atoms with E-state index < -0.39 is 24.5 Å². The highest BCUT2D eigenvalue weighted by molar-refractivity contribution is 7.10. The minimum Gasteiger partial charge on any atom is -0.454 e. The Morgan fingerprint density at radius 2 is 1.89 bits per heavy atom.